The molecule has 4 heteroatoms. The zero-order valence-electron chi connectivity index (χ0n) is 10.1. The molecule has 0 amide bonds. The van der Waals surface area contributed by atoms with Crippen LogP contribution in [0.4, 0.5) is 5.69 Å². The van der Waals surface area contributed by atoms with Crippen LogP contribution in [0.3, 0.4) is 0 Å². The Bertz CT molecular complexity index is 374. The number of halogens is 2. The van der Waals surface area contributed by atoms with Crippen LogP contribution in [0, 0.1) is 0 Å². The number of hydrogen-bond donors (Lipinski definition) is 0. The van der Waals surface area contributed by atoms with Gasteiger partial charge in [-0.1, -0.05) is 18.5 Å². The molecule has 0 bridgehead atoms. The van der Waals surface area contributed by atoms with Gasteiger partial charge in [-0.2, -0.15) is 0 Å². The SMILES string of the molecule is CCN1CCN(c2ccc(Cl)cc2CCl)CC1. The fourth-order valence-corrected chi connectivity index (χ4v) is 2.68. The van der Waals surface area contributed by atoms with E-state index in [2.05, 4.69) is 22.8 Å². The van der Waals surface area contributed by atoms with Gasteiger partial charge >= 0.3 is 0 Å². The number of rotatable bonds is 3. The topological polar surface area (TPSA) is 6.48 Å². The molecule has 17 heavy (non-hydrogen) atoms. The van der Waals surface area contributed by atoms with Crippen molar-refractivity contribution in [2.24, 2.45) is 0 Å². The van der Waals surface area contributed by atoms with Crippen LogP contribution in [0.1, 0.15) is 12.5 Å². The zero-order chi connectivity index (χ0) is 12.3. The summed E-state index contributed by atoms with van der Waals surface area (Å²) in [6, 6.07) is 6.00. The molecule has 1 heterocycles. The van der Waals surface area contributed by atoms with Crippen molar-refractivity contribution >= 4 is 28.9 Å². The van der Waals surface area contributed by atoms with Gasteiger partial charge in [0.1, 0.15) is 0 Å². The highest BCUT2D eigenvalue weighted by Crippen LogP contribution is 2.26. The lowest BCUT2D eigenvalue weighted by molar-refractivity contribution is 0.271. The first-order valence-electron chi connectivity index (χ1n) is 6.06. The maximum absolute atomic E-state index is 5.99. The molecule has 1 aliphatic rings. The minimum atomic E-state index is 0.518. The third-order valence-corrected chi connectivity index (χ3v) is 3.87. The van der Waals surface area contributed by atoms with Crippen LogP contribution in [0.15, 0.2) is 18.2 Å². The highest BCUT2D eigenvalue weighted by molar-refractivity contribution is 6.30. The lowest BCUT2D eigenvalue weighted by Gasteiger charge is -2.36. The number of likely N-dealkylation sites (N-methyl/N-ethyl adjacent to an activating group) is 1. The van der Waals surface area contributed by atoms with Gasteiger partial charge in [0.25, 0.3) is 0 Å². The molecule has 0 unspecified atom stereocenters. The number of hydrogen-bond acceptors (Lipinski definition) is 2. The van der Waals surface area contributed by atoms with Crippen LogP contribution in [0.25, 0.3) is 0 Å². The van der Waals surface area contributed by atoms with Crippen LogP contribution in [0.5, 0.6) is 0 Å². The lowest BCUT2D eigenvalue weighted by atomic mass is 10.1. The van der Waals surface area contributed by atoms with Crippen molar-refractivity contribution in [1.29, 1.82) is 0 Å². The van der Waals surface area contributed by atoms with E-state index in [1.807, 2.05) is 12.1 Å². The van der Waals surface area contributed by atoms with Crippen molar-refractivity contribution in [2.75, 3.05) is 37.6 Å². The molecule has 0 aliphatic carbocycles. The average molecular weight is 273 g/mol. The van der Waals surface area contributed by atoms with E-state index in [4.69, 9.17) is 23.2 Å². The van der Waals surface area contributed by atoms with E-state index < -0.39 is 0 Å². The van der Waals surface area contributed by atoms with Crippen molar-refractivity contribution in [3.63, 3.8) is 0 Å². The molecule has 1 aliphatic heterocycles. The summed E-state index contributed by atoms with van der Waals surface area (Å²) in [4.78, 5) is 4.87. The molecular weight excluding hydrogens is 255 g/mol. The van der Waals surface area contributed by atoms with E-state index in [9.17, 15) is 0 Å². The van der Waals surface area contributed by atoms with Crippen LogP contribution in [-0.4, -0.2) is 37.6 Å². The molecule has 0 saturated carbocycles. The molecule has 1 fully saturated rings. The molecule has 1 saturated heterocycles. The molecule has 0 atom stereocenters. The fourth-order valence-electron chi connectivity index (χ4n) is 2.27. The van der Waals surface area contributed by atoms with Gasteiger partial charge in [-0.15, -0.1) is 11.6 Å². The zero-order valence-corrected chi connectivity index (χ0v) is 11.6. The van der Waals surface area contributed by atoms with Crippen LogP contribution in [0.2, 0.25) is 5.02 Å². The van der Waals surface area contributed by atoms with Gasteiger partial charge < -0.3 is 9.80 Å². The van der Waals surface area contributed by atoms with Gasteiger partial charge in [-0.3, -0.25) is 0 Å². The summed E-state index contributed by atoms with van der Waals surface area (Å²) < 4.78 is 0. The van der Waals surface area contributed by atoms with E-state index >= 15 is 0 Å². The number of piperazine rings is 1. The minimum absolute atomic E-state index is 0.518. The predicted octanol–water partition coefficient (Wildman–Crippen LogP) is 3.22. The Morgan fingerprint density at radius 1 is 1.18 bits per heavy atom. The summed E-state index contributed by atoms with van der Waals surface area (Å²) >= 11 is 12.0. The maximum Gasteiger partial charge on any atom is 0.0495 e. The normalized spacial score (nSPS) is 17.5. The molecule has 2 rings (SSSR count). The minimum Gasteiger partial charge on any atom is -0.369 e. The van der Waals surface area contributed by atoms with Crippen molar-refractivity contribution in [3.05, 3.63) is 28.8 Å². The Labute approximate surface area is 113 Å². The molecular formula is C13H18Cl2N2. The Kier molecular flexibility index (Phi) is 4.55. The van der Waals surface area contributed by atoms with E-state index in [0.717, 1.165) is 43.3 Å². The van der Waals surface area contributed by atoms with Crippen LogP contribution in [-0.2, 0) is 5.88 Å². The van der Waals surface area contributed by atoms with Gasteiger partial charge in [0, 0.05) is 42.8 Å². The molecule has 0 radical (unpaired) electrons. The second kappa shape index (κ2) is 5.94. The average Bonchev–Trinajstić information content (AvgIpc) is 2.39. The van der Waals surface area contributed by atoms with E-state index in [-0.39, 0.29) is 0 Å². The highest BCUT2D eigenvalue weighted by Gasteiger charge is 2.17. The number of benzene rings is 1. The fraction of sp³-hybridized carbons (Fsp3) is 0.538. The number of nitrogens with zero attached hydrogens (tertiary/aromatic N) is 2. The Hall–Kier alpha value is -0.440. The van der Waals surface area contributed by atoms with Crippen molar-refractivity contribution in [1.82, 2.24) is 4.90 Å². The van der Waals surface area contributed by atoms with Crippen molar-refractivity contribution in [2.45, 2.75) is 12.8 Å². The molecule has 0 spiro atoms. The maximum atomic E-state index is 5.99. The first kappa shape index (κ1) is 13.0. The van der Waals surface area contributed by atoms with Gasteiger partial charge in [0.2, 0.25) is 0 Å². The Balaban J connectivity index is 2.12. The third kappa shape index (κ3) is 3.06. The molecule has 0 aromatic heterocycles. The molecule has 1 aromatic rings. The van der Waals surface area contributed by atoms with Crippen molar-refractivity contribution in [3.8, 4) is 0 Å². The quantitative estimate of drug-likeness (QED) is 0.780. The summed E-state index contributed by atoms with van der Waals surface area (Å²) in [5.74, 6) is 0.518. The first-order chi connectivity index (χ1) is 8.24. The number of anilines is 1. The highest BCUT2D eigenvalue weighted by atomic mass is 35.5. The lowest BCUT2D eigenvalue weighted by Crippen LogP contribution is -2.46. The monoisotopic (exact) mass is 272 g/mol. The molecule has 0 N–H and O–H groups in total. The largest absolute Gasteiger partial charge is 0.369 e. The van der Waals surface area contributed by atoms with E-state index in [0.29, 0.717) is 5.88 Å². The van der Waals surface area contributed by atoms with Gasteiger partial charge in [0.15, 0.2) is 0 Å². The van der Waals surface area contributed by atoms with E-state index in [1.54, 1.807) is 0 Å². The summed E-state index contributed by atoms with van der Waals surface area (Å²) in [7, 11) is 0. The standard InChI is InChI=1S/C13H18Cl2N2/c1-2-16-5-7-17(8-6-16)13-4-3-12(15)9-11(13)10-14/h3-4,9H,2,5-8,10H2,1H3. The predicted molar refractivity (Wildman–Crippen MR) is 75.3 cm³/mol. The van der Waals surface area contributed by atoms with Crippen molar-refractivity contribution < 1.29 is 0 Å². The summed E-state index contributed by atoms with van der Waals surface area (Å²) in [6.45, 7) is 7.74. The Morgan fingerprint density at radius 3 is 2.47 bits per heavy atom. The summed E-state index contributed by atoms with van der Waals surface area (Å²) in [5.41, 5.74) is 2.37. The molecule has 2 nitrogen and oxygen atoms in total. The number of alkyl halides is 1. The molecule has 94 valence electrons. The first-order valence-corrected chi connectivity index (χ1v) is 6.97. The van der Waals surface area contributed by atoms with Crippen LogP contribution < -0.4 is 4.90 Å². The van der Waals surface area contributed by atoms with E-state index in [1.165, 1.54) is 5.69 Å². The van der Waals surface area contributed by atoms with Gasteiger partial charge in [0.05, 0.1) is 0 Å². The Morgan fingerprint density at radius 2 is 1.88 bits per heavy atom. The summed E-state index contributed by atoms with van der Waals surface area (Å²) in [5, 5.41) is 0.761. The van der Waals surface area contributed by atoms with Crippen LogP contribution >= 0.6 is 23.2 Å². The third-order valence-electron chi connectivity index (χ3n) is 3.35. The summed E-state index contributed by atoms with van der Waals surface area (Å²) in [6.07, 6.45) is 0. The second-order valence-corrected chi connectivity index (χ2v) is 5.03. The molecule has 1 aromatic carbocycles. The van der Waals surface area contributed by atoms with Gasteiger partial charge in [-0.05, 0) is 30.3 Å². The second-order valence-electron chi connectivity index (χ2n) is 4.33. The smallest absolute Gasteiger partial charge is 0.0495 e. The van der Waals surface area contributed by atoms with Gasteiger partial charge in [-0.25, -0.2) is 0 Å².